The SMILES string of the molecule is C=C[C@@H](CC(C)C)N1CCC[C@H]1C(=O)OC(C)(C)C. The van der Waals surface area contributed by atoms with Gasteiger partial charge in [-0.3, -0.25) is 9.69 Å². The number of esters is 1. The lowest BCUT2D eigenvalue weighted by Gasteiger charge is -2.32. The maximum Gasteiger partial charge on any atom is 0.323 e. The third-order valence-corrected chi connectivity index (χ3v) is 3.38. The summed E-state index contributed by atoms with van der Waals surface area (Å²) in [5.41, 5.74) is -0.410. The van der Waals surface area contributed by atoms with Gasteiger partial charge in [0, 0.05) is 6.04 Å². The van der Waals surface area contributed by atoms with Crippen molar-refractivity contribution in [2.24, 2.45) is 5.92 Å². The number of hydrogen-bond donors (Lipinski definition) is 0. The Morgan fingerprint density at radius 1 is 1.47 bits per heavy atom. The molecular weight excluding hydrogens is 238 g/mol. The average Bonchev–Trinajstić information content (AvgIpc) is 2.71. The van der Waals surface area contributed by atoms with Gasteiger partial charge >= 0.3 is 5.97 Å². The van der Waals surface area contributed by atoms with Crippen molar-refractivity contribution in [1.29, 1.82) is 0 Å². The molecule has 0 spiro atoms. The number of carbonyl (C=O) groups is 1. The zero-order valence-corrected chi connectivity index (χ0v) is 13.1. The van der Waals surface area contributed by atoms with Crippen LogP contribution in [0.15, 0.2) is 12.7 Å². The van der Waals surface area contributed by atoms with Crippen molar-refractivity contribution in [3.8, 4) is 0 Å². The molecular formula is C16H29NO2. The molecule has 0 aromatic carbocycles. The lowest BCUT2D eigenvalue weighted by atomic mass is 10.0. The molecule has 0 radical (unpaired) electrons. The summed E-state index contributed by atoms with van der Waals surface area (Å²) in [7, 11) is 0. The number of rotatable bonds is 5. The van der Waals surface area contributed by atoms with Crippen molar-refractivity contribution >= 4 is 5.97 Å². The normalized spacial score (nSPS) is 22.5. The zero-order chi connectivity index (χ0) is 14.6. The van der Waals surface area contributed by atoms with E-state index in [1.165, 1.54) is 0 Å². The Morgan fingerprint density at radius 3 is 2.58 bits per heavy atom. The molecule has 1 aliphatic rings. The Bertz CT molecular complexity index is 317. The molecule has 0 N–H and O–H groups in total. The molecule has 0 saturated carbocycles. The summed E-state index contributed by atoms with van der Waals surface area (Å²) in [6.07, 6.45) is 4.98. The van der Waals surface area contributed by atoms with Crippen LogP contribution in [0, 0.1) is 5.92 Å². The highest BCUT2D eigenvalue weighted by molar-refractivity contribution is 5.76. The first-order valence-electron chi connectivity index (χ1n) is 7.35. The predicted molar refractivity (Wildman–Crippen MR) is 79.0 cm³/mol. The van der Waals surface area contributed by atoms with Gasteiger partial charge in [-0.2, -0.15) is 0 Å². The third-order valence-electron chi connectivity index (χ3n) is 3.38. The molecule has 0 aromatic heterocycles. The molecule has 3 heteroatoms. The smallest absolute Gasteiger partial charge is 0.323 e. The van der Waals surface area contributed by atoms with E-state index in [0.29, 0.717) is 5.92 Å². The summed E-state index contributed by atoms with van der Waals surface area (Å²) < 4.78 is 5.54. The van der Waals surface area contributed by atoms with Crippen molar-refractivity contribution in [2.75, 3.05) is 6.54 Å². The maximum atomic E-state index is 12.3. The van der Waals surface area contributed by atoms with E-state index in [1.807, 2.05) is 26.8 Å². The van der Waals surface area contributed by atoms with E-state index in [0.717, 1.165) is 25.8 Å². The molecule has 2 atom stereocenters. The topological polar surface area (TPSA) is 29.5 Å². The van der Waals surface area contributed by atoms with Crippen LogP contribution >= 0.6 is 0 Å². The second kappa shape index (κ2) is 6.56. The van der Waals surface area contributed by atoms with Crippen LogP contribution in [0.5, 0.6) is 0 Å². The van der Waals surface area contributed by atoms with Crippen LogP contribution in [0.1, 0.15) is 53.9 Å². The Labute approximate surface area is 118 Å². The Hall–Kier alpha value is -0.830. The lowest BCUT2D eigenvalue weighted by molar-refractivity contribution is -0.160. The molecule has 0 aromatic rings. The van der Waals surface area contributed by atoms with Crippen molar-refractivity contribution in [3.63, 3.8) is 0 Å². The van der Waals surface area contributed by atoms with Gasteiger partial charge in [0.1, 0.15) is 11.6 Å². The minimum absolute atomic E-state index is 0.0828. The van der Waals surface area contributed by atoms with E-state index in [-0.39, 0.29) is 18.1 Å². The van der Waals surface area contributed by atoms with Crippen LogP contribution in [0.3, 0.4) is 0 Å². The van der Waals surface area contributed by atoms with Crippen LogP contribution in [-0.4, -0.2) is 35.1 Å². The van der Waals surface area contributed by atoms with E-state index in [9.17, 15) is 4.79 Å². The van der Waals surface area contributed by atoms with Gasteiger partial charge < -0.3 is 4.74 Å². The van der Waals surface area contributed by atoms with E-state index >= 15 is 0 Å². The molecule has 0 aliphatic carbocycles. The largest absolute Gasteiger partial charge is 0.459 e. The molecule has 0 bridgehead atoms. The molecule has 1 rings (SSSR count). The predicted octanol–water partition coefficient (Wildman–Crippen LogP) is 3.39. The first-order chi connectivity index (χ1) is 8.74. The van der Waals surface area contributed by atoms with E-state index in [2.05, 4.69) is 25.3 Å². The Kier molecular flexibility index (Phi) is 5.60. The number of hydrogen-bond acceptors (Lipinski definition) is 3. The van der Waals surface area contributed by atoms with Gasteiger partial charge in [0.25, 0.3) is 0 Å². The summed E-state index contributed by atoms with van der Waals surface area (Å²) in [5.74, 6) is 0.517. The van der Waals surface area contributed by atoms with Crippen LogP contribution in [-0.2, 0) is 9.53 Å². The summed E-state index contributed by atoms with van der Waals surface area (Å²) in [6.45, 7) is 15.1. The van der Waals surface area contributed by atoms with Crippen molar-refractivity contribution in [3.05, 3.63) is 12.7 Å². The van der Waals surface area contributed by atoms with Crippen molar-refractivity contribution in [2.45, 2.75) is 71.6 Å². The molecule has 110 valence electrons. The maximum absolute atomic E-state index is 12.3. The molecule has 0 amide bonds. The van der Waals surface area contributed by atoms with Crippen LogP contribution < -0.4 is 0 Å². The van der Waals surface area contributed by atoms with Crippen LogP contribution in [0.4, 0.5) is 0 Å². The number of ether oxygens (including phenoxy) is 1. The fourth-order valence-electron chi connectivity index (χ4n) is 2.66. The van der Waals surface area contributed by atoms with Gasteiger partial charge in [-0.1, -0.05) is 19.9 Å². The minimum Gasteiger partial charge on any atom is -0.459 e. The Balaban J connectivity index is 2.72. The fourth-order valence-corrected chi connectivity index (χ4v) is 2.66. The molecule has 1 aliphatic heterocycles. The van der Waals surface area contributed by atoms with Crippen LogP contribution in [0.25, 0.3) is 0 Å². The first kappa shape index (κ1) is 16.2. The van der Waals surface area contributed by atoms with Gasteiger partial charge in [-0.15, -0.1) is 6.58 Å². The summed E-state index contributed by atoms with van der Waals surface area (Å²) >= 11 is 0. The van der Waals surface area contributed by atoms with Crippen LogP contribution in [0.2, 0.25) is 0 Å². The molecule has 3 nitrogen and oxygen atoms in total. The second-order valence-corrected chi connectivity index (χ2v) is 6.86. The third kappa shape index (κ3) is 4.98. The van der Waals surface area contributed by atoms with E-state index < -0.39 is 5.60 Å². The molecule has 1 fully saturated rings. The first-order valence-corrected chi connectivity index (χ1v) is 7.35. The zero-order valence-electron chi connectivity index (χ0n) is 13.1. The van der Waals surface area contributed by atoms with Gasteiger partial charge in [0.15, 0.2) is 0 Å². The number of nitrogens with zero attached hydrogens (tertiary/aromatic N) is 1. The summed E-state index contributed by atoms with van der Waals surface area (Å²) in [5, 5.41) is 0. The standard InChI is InChI=1S/C16H29NO2/c1-7-13(11-12(2)3)17-10-8-9-14(17)15(18)19-16(4,5)6/h7,12-14H,1,8-11H2,2-6H3/t13-,14-/m0/s1. The highest BCUT2D eigenvalue weighted by atomic mass is 16.6. The van der Waals surface area contributed by atoms with E-state index in [1.54, 1.807) is 0 Å². The highest BCUT2D eigenvalue weighted by Gasteiger charge is 2.36. The lowest BCUT2D eigenvalue weighted by Crippen LogP contribution is -2.45. The minimum atomic E-state index is -0.410. The summed E-state index contributed by atoms with van der Waals surface area (Å²) in [4.78, 5) is 14.5. The number of likely N-dealkylation sites (tertiary alicyclic amines) is 1. The molecule has 1 heterocycles. The quantitative estimate of drug-likeness (QED) is 0.565. The van der Waals surface area contributed by atoms with Gasteiger partial charge in [-0.05, 0) is 52.5 Å². The fraction of sp³-hybridized carbons (Fsp3) is 0.812. The summed E-state index contributed by atoms with van der Waals surface area (Å²) in [6, 6.07) is 0.181. The van der Waals surface area contributed by atoms with Gasteiger partial charge in [0.2, 0.25) is 0 Å². The Morgan fingerprint density at radius 2 is 2.11 bits per heavy atom. The molecule has 0 unspecified atom stereocenters. The molecule has 1 saturated heterocycles. The molecule has 19 heavy (non-hydrogen) atoms. The van der Waals surface area contributed by atoms with Gasteiger partial charge in [0.05, 0.1) is 0 Å². The highest BCUT2D eigenvalue weighted by Crippen LogP contribution is 2.26. The monoisotopic (exact) mass is 267 g/mol. The van der Waals surface area contributed by atoms with Crippen molar-refractivity contribution in [1.82, 2.24) is 4.90 Å². The second-order valence-electron chi connectivity index (χ2n) is 6.86. The van der Waals surface area contributed by atoms with E-state index in [4.69, 9.17) is 4.74 Å². The average molecular weight is 267 g/mol. The number of carbonyl (C=O) groups excluding carboxylic acids is 1. The van der Waals surface area contributed by atoms with Gasteiger partial charge in [-0.25, -0.2) is 0 Å². The van der Waals surface area contributed by atoms with Crippen molar-refractivity contribution < 1.29 is 9.53 Å².